The lowest BCUT2D eigenvalue weighted by molar-refractivity contribution is -0.754. The number of nitrogens with zero attached hydrogens (tertiary/aromatic N) is 5. The maximum Gasteiger partial charge on any atom is 0.416 e. The van der Waals surface area contributed by atoms with E-state index in [1.165, 1.54) is 23.0 Å². The molecule has 2 aromatic carbocycles. The van der Waals surface area contributed by atoms with Crippen molar-refractivity contribution in [2.24, 2.45) is 12.0 Å². The number of benzene rings is 2. The summed E-state index contributed by atoms with van der Waals surface area (Å²) in [6.07, 6.45) is -1.33. The van der Waals surface area contributed by atoms with Crippen molar-refractivity contribution in [3.05, 3.63) is 77.9 Å². The van der Waals surface area contributed by atoms with Gasteiger partial charge in [-0.1, -0.05) is 30.3 Å². The van der Waals surface area contributed by atoms with Crippen molar-refractivity contribution in [3.63, 3.8) is 0 Å². The highest BCUT2D eigenvalue weighted by molar-refractivity contribution is 5.87. The zero-order valence-corrected chi connectivity index (χ0v) is 17.7. The van der Waals surface area contributed by atoms with Crippen molar-refractivity contribution < 1.29 is 27.5 Å². The van der Waals surface area contributed by atoms with Crippen LogP contribution in [0.4, 0.5) is 24.7 Å². The summed E-state index contributed by atoms with van der Waals surface area (Å²) in [5.41, 5.74) is 3.03. The molecule has 0 unspecified atom stereocenters. The molecule has 0 radical (unpaired) electrons. The molecule has 1 N–H and O–H groups in total. The summed E-state index contributed by atoms with van der Waals surface area (Å²) in [4.78, 5) is 7.98. The summed E-state index contributed by atoms with van der Waals surface area (Å²) in [5.74, 6) is -0.0818. The predicted octanol–water partition coefficient (Wildman–Crippen LogP) is 3.20. The number of aromatic nitrogens is 4. The lowest BCUT2D eigenvalue weighted by Gasteiger charge is -2.14. The molecule has 0 saturated carbocycles. The van der Waals surface area contributed by atoms with E-state index in [1.54, 1.807) is 6.33 Å². The van der Waals surface area contributed by atoms with Gasteiger partial charge in [0.1, 0.15) is 0 Å². The molecular weight excluding hydrogens is 437 g/mol. The van der Waals surface area contributed by atoms with Crippen molar-refractivity contribution >= 4 is 17.6 Å². The molecule has 2 heterocycles. The molecule has 8 nitrogen and oxygen atoms in total. The van der Waals surface area contributed by atoms with Gasteiger partial charge in [0.15, 0.2) is 0 Å². The largest absolute Gasteiger partial charge is 0.846 e. The molecule has 33 heavy (non-hydrogen) atoms. The van der Waals surface area contributed by atoms with Crippen LogP contribution in [0.3, 0.4) is 0 Å². The minimum Gasteiger partial charge on any atom is -0.846 e. The van der Waals surface area contributed by atoms with Gasteiger partial charge in [-0.3, -0.25) is 4.52 Å². The number of hydrogen-bond donors (Lipinski definition) is 1. The molecule has 2 aromatic heterocycles. The van der Waals surface area contributed by atoms with Gasteiger partial charge in [-0.15, -0.1) is 0 Å². The molecule has 0 bridgehead atoms. The average Bonchev–Trinajstić information content (AvgIpc) is 3.33. The minimum atomic E-state index is -4.51. The van der Waals surface area contributed by atoms with E-state index in [4.69, 9.17) is 4.52 Å². The van der Waals surface area contributed by atoms with Crippen LogP contribution in [0.25, 0.3) is 11.3 Å². The van der Waals surface area contributed by atoms with Gasteiger partial charge in [0.25, 0.3) is 6.20 Å². The number of nitrogens with one attached hydrogen (secondary N) is 1. The van der Waals surface area contributed by atoms with Crippen molar-refractivity contribution in [2.75, 3.05) is 5.32 Å². The Labute approximate surface area is 186 Å². The topological polar surface area (TPSA) is 95.2 Å². The third-order valence-electron chi connectivity index (χ3n) is 4.84. The highest BCUT2D eigenvalue weighted by Gasteiger charge is 2.30. The van der Waals surface area contributed by atoms with Crippen LogP contribution in [0.1, 0.15) is 16.8 Å². The molecule has 0 aliphatic heterocycles. The Hall–Kier alpha value is -4.15. The van der Waals surface area contributed by atoms with Crippen LogP contribution < -0.4 is 15.1 Å². The third kappa shape index (κ3) is 5.20. The van der Waals surface area contributed by atoms with Crippen molar-refractivity contribution in [1.82, 2.24) is 14.8 Å². The number of imidazole rings is 1. The van der Waals surface area contributed by atoms with Gasteiger partial charge in [-0.2, -0.15) is 13.2 Å². The van der Waals surface area contributed by atoms with E-state index in [-0.39, 0.29) is 11.6 Å². The van der Waals surface area contributed by atoms with E-state index >= 15 is 0 Å². The summed E-state index contributed by atoms with van der Waals surface area (Å²) in [6, 6.07) is 11.2. The molecule has 0 aliphatic carbocycles. The molecule has 0 saturated heterocycles. The second-order valence-corrected chi connectivity index (χ2v) is 7.34. The quantitative estimate of drug-likeness (QED) is 0.283. The number of aliphatic imine (C=N–C) groups is 1. The van der Waals surface area contributed by atoms with Crippen LogP contribution in [0.2, 0.25) is 0 Å². The van der Waals surface area contributed by atoms with E-state index in [9.17, 15) is 18.3 Å². The molecule has 170 valence electrons. The van der Waals surface area contributed by atoms with E-state index < -0.39 is 17.8 Å². The fraction of sp³-hybridized carbons (Fsp3) is 0.182. The second kappa shape index (κ2) is 8.77. The Morgan fingerprint density at radius 2 is 1.97 bits per heavy atom. The van der Waals surface area contributed by atoms with Gasteiger partial charge in [0, 0.05) is 23.9 Å². The van der Waals surface area contributed by atoms with Gasteiger partial charge in [0.2, 0.25) is 11.8 Å². The Kier molecular flexibility index (Phi) is 5.86. The summed E-state index contributed by atoms with van der Waals surface area (Å²) in [5, 5.41) is 18.2. The second-order valence-electron chi connectivity index (χ2n) is 7.34. The molecule has 0 aliphatic rings. The van der Waals surface area contributed by atoms with Crippen molar-refractivity contribution in [3.8, 4) is 11.3 Å². The lowest BCUT2D eigenvalue weighted by atomic mass is 10.1. The predicted molar refractivity (Wildman–Crippen MR) is 111 cm³/mol. The maximum atomic E-state index is 12.8. The molecule has 11 heteroatoms. The molecule has 4 aromatic rings. The SMILES string of the molecule is Cc1ncn(C)c1-c1ccc(C[n+]2cc(/N=C(\[O-])Nc3cccc(C(F)(F)F)c3)on2)cc1. The molecule has 4 rings (SSSR count). The summed E-state index contributed by atoms with van der Waals surface area (Å²) < 4.78 is 46.8. The first-order valence-corrected chi connectivity index (χ1v) is 9.83. The first-order chi connectivity index (χ1) is 15.7. The van der Waals surface area contributed by atoms with Crippen LogP contribution >= 0.6 is 0 Å². The molecular formula is C22H19F3N6O2. The van der Waals surface area contributed by atoms with Crippen LogP contribution in [-0.2, 0) is 19.8 Å². The summed E-state index contributed by atoms with van der Waals surface area (Å²) in [7, 11) is 1.93. The number of rotatable bonds is 5. The van der Waals surface area contributed by atoms with Gasteiger partial charge in [-0.05, 0) is 29.8 Å². The van der Waals surface area contributed by atoms with E-state index in [0.29, 0.717) is 6.54 Å². The smallest absolute Gasteiger partial charge is 0.416 e. The number of aryl methyl sites for hydroxylation is 2. The van der Waals surface area contributed by atoms with Gasteiger partial charge in [-0.25, -0.2) is 9.98 Å². The first-order valence-electron chi connectivity index (χ1n) is 9.83. The minimum absolute atomic E-state index is 0.0327. The van der Waals surface area contributed by atoms with Crippen LogP contribution in [0.15, 0.2) is 70.6 Å². The zero-order chi connectivity index (χ0) is 23.6. The van der Waals surface area contributed by atoms with Crippen LogP contribution in [-0.4, -0.2) is 20.8 Å². The summed E-state index contributed by atoms with van der Waals surface area (Å²) in [6.45, 7) is 2.32. The van der Waals surface area contributed by atoms with E-state index in [1.807, 2.05) is 42.8 Å². The van der Waals surface area contributed by atoms with Crippen LogP contribution in [0, 0.1) is 6.92 Å². The Morgan fingerprint density at radius 1 is 1.21 bits per heavy atom. The highest BCUT2D eigenvalue weighted by Crippen LogP contribution is 2.30. The normalized spacial score (nSPS) is 12.2. The van der Waals surface area contributed by atoms with Gasteiger partial charge in [0.05, 0.1) is 29.3 Å². The Bertz CT molecular complexity index is 1270. The highest BCUT2D eigenvalue weighted by atomic mass is 19.4. The maximum absolute atomic E-state index is 12.8. The fourth-order valence-electron chi connectivity index (χ4n) is 3.33. The third-order valence-corrected chi connectivity index (χ3v) is 4.84. The van der Waals surface area contributed by atoms with Crippen LogP contribution in [0.5, 0.6) is 0 Å². The fourth-order valence-corrected chi connectivity index (χ4v) is 3.33. The molecule has 0 spiro atoms. The summed E-state index contributed by atoms with van der Waals surface area (Å²) >= 11 is 0. The van der Waals surface area contributed by atoms with Gasteiger partial charge < -0.3 is 15.0 Å². The van der Waals surface area contributed by atoms with E-state index in [0.717, 1.165) is 34.6 Å². The lowest BCUT2D eigenvalue weighted by Crippen LogP contribution is -2.35. The molecule has 0 atom stereocenters. The van der Waals surface area contributed by atoms with E-state index in [2.05, 4.69) is 20.6 Å². The standard InChI is InChI=1S/C22H19F3N6O2/c1-14-20(30(2)13-26-14)16-8-6-15(7-9-16)11-31-12-19(33-29-31)28-21(32)27-18-5-3-4-17(10-18)22(23,24)25/h3-10,12-13H,11H2,1-2H3,(H-,27,28,29,32). The zero-order valence-electron chi connectivity index (χ0n) is 17.7. The number of hydrogen-bond acceptors (Lipinski definition) is 5. The van der Waals surface area contributed by atoms with Gasteiger partial charge >= 0.3 is 12.1 Å². The Morgan fingerprint density at radius 3 is 2.64 bits per heavy atom. The molecule has 0 fully saturated rings. The Balaban J connectivity index is 1.42. The number of amidine groups is 1. The molecule has 0 amide bonds. The average molecular weight is 456 g/mol. The van der Waals surface area contributed by atoms with Crippen molar-refractivity contribution in [2.45, 2.75) is 19.6 Å². The monoisotopic (exact) mass is 456 g/mol. The number of anilines is 1. The first kappa shape index (κ1) is 22.1. The number of alkyl halides is 3. The van der Waals surface area contributed by atoms with Crippen molar-refractivity contribution in [1.29, 1.82) is 0 Å². The number of halogens is 3.